The standard InChI is InChI=1S/C42H50N4O8/c1-25-27(23-53-31-15-37(49-3)35(38(16-31)50-4)21-43-19-29-13-41(47)45-29)9-7-11-33(25)34-12-8-10-28(26(34)2)24-54-32-17-39(51-5)36(40(18-32)52-6)22-44-20-30-14-42(48)46-30/h7-12,15-18,29-30,43-44H,13-14,19-24H2,1-6H3,(H,45,47)(H,46,48). The van der Waals surface area contributed by atoms with Crippen LogP contribution >= 0.6 is 0 Å². The van der Waals surface area contributed by atoms with Gasteiger partial charge in [-0.1, -0.05) is 36.4 Å². The molecular formula is C42H50N4O8. The number of hydrogen-bond donors (Lipinski definition) is 4. The first-order valence-electron chi connectivity index (χ1n) is 18.1. The van der Waals surface area contributed by atoms with Crippen LogP contribution in [0.1, 0.15) is 46.2 Å². The van der Waals surface area contributed by atoms with Crippen LogP contribution in [0.2, 0.25) is 0 Å². The second kappa shape index (κ2) is 17.6. The molecule has 0 radical (unpaired) electrons. The number of hydrogen-bond acceptors (Lipinski definition) is 10. The first-order valence-corrected chi connectivity index (χ1v) is 18.1. The Balaban J connectivity index is 1.12. The van der Waals surface area contributed by atoms with Gasteiger partial charge in [-0.3, -0.25) is 9.59 Å². The van der Waals surface area contributed by atoms with E-state index in [2.05, 4.69) is 71.5 Å². The molecule has 0 aliphatic carbocycles. The molecule has 4 aromatic rings. The van der Waals surface area contributed by atoms with Crippen molar-refractivity contribution in [2.75, 3.05) is 41.5 Å². The topological polar surface area (TPSA) is 138 Å². The van der Waals surface area contributed by atoms with E-state index >= 15 is 0 Å². The summed E-state index contributed by atoms with van der Waals surface area (Å²) in [7, 11) is 6.53. The average molecular weight is 739 g/mol. The summed E-state index contributed by atoms with van der Waals surface area (Å²) >= 11 is 0. The van der Waals surface area contributed by atoms with Crippen LogP contribution in [0.25, 0.3) is 11.1 Å². The van der Waals surface area contributed by atoms with Crippen molar-refractivity contribution in [2.45, 2.75) is 65.1 Å². The Kier molecular flexibility index (Phi) is 12.5. The fourth-order valence-corrected chi connectivity index (χ4v) is 6.87. The smallest absolute Gasteiger partial charge is 0.222 e. The average Bonchev–Trinajstić information content (AvgIpc) is 3.15. The molecule has 4 aromatic carbocycles. The minimum Gasteiger partial charge on any atom is -0.496 e. The molecule has 2 amide bonds. The van der Waals surface area contributed by atoms with E-state index in [0.29, 0.717) is 86.7 Å². The second-order valence-corrected chi connectivity index (χ2v) is 13.6. The molecule has 0 bridgehead atoms. The van der Waals surface area contributed by atoms with Crippen LogP contribution < -0.4 is 49.7 Å². The van der Waals surface area contributed by atoms with Gasteiger partial charge in [0, 0.05) is 63.3 Å². The maximum Gasteiger partial charge on any atom is 0.222 e. The lowest BCUT2D eigenvalue weighted by Gasteiger charge is -2.27. The predicted octanol–water partition coefficient (Wildman–Crippen LogP) is 5.12. The van der Waals surface area contributed by atoms with Gasteiger partial charge in [-0.25, -0.2) is 0 Å². The minimum absolute atomic E-state index is 0.0816. The van der Waals surface area contributed by atoms with Crippen LogP contribution in [-0.2, 0) is 35.9 Å². The zero-order chi connectivity index (χ0) is 38.2. The summed E-state index contributed by atoms with van der Waals surface area (Å²) in [6.07, 6.45) is 1.08. The summed E-state index contributed by atoms with van der Waals surface area (Å²) in [6.45, 7) is 7.35. The summed E-state index contributed by atoms with van der Waals surface area (Å²) in [5, 5.41) is 12.5. The zero-order valence-corrected chi connectivity index (χ0v) is 31.9. The molecule has 2 saturated heterocycles. The van der Waals surface area contributed by atoms with Gasteiger partial charge in [0.2, 0.25) is 11.8 Å². The normalized spacial score (nSPS) is 16.0. The van der Waals surface area contributed by atoms with E-state index < -0.39 is 0 Å². The molecule has 286 valence electrons. The number of carbonyl (C=O) groups is 2. The van der Waals surface area contributed by atoms with Crippen molar-refractivity contribution in [1.29, 1.82) is 0 Å². The molecule has 2 fully saturated rings. The van der Waals surface area contributed by atoms with Gasteiger partial charge in [0.25, 0.3) is 0 Å². The third kappa shape index (κ3) is 8.83. The number of methoxy groups -OCH3 is 4. The Labute approximate surface area is 316 Å². The van der Waals surface area contributed by atoms with Crippen LogP contribution in [0.4, 0.5) is 0 Å². The van der Waals surface area contributed by atoms with Crippen LogP contribution in [0.15, 0.2) is 60.7 Å². The predicted molar refractivity (Wildman–Crippen MR) is 206 cm³/mol. The lowest BCUT2D eigenvalue weighted by atomic mass is 9.92. The third-order valence-corrected chi connectivity index (χ3v) is 10.1. The quantitative estimate of drug-likeness (QED) is 0.0961. The van der Waals surface area contributed by atoms with E-state index in [1.54, 1.807) is 28.4 Å². The highest BCUT2D eigenvalue weighted by Gasteiger charge is 2.26. The van der Waals surface area contributed by atoms with Crippen LogP contribution in [0.5, 0.6) is 34.5 Å². The van der Waals surface area contributed by atoms with Crippen LogP contribution in [-0.4, -0.2) is 65.4 Å². The summed E-state index contributed by atoms with van der Waals surface area (Å²) in [4.78, 5) is 22.5. The van der Waals surface area contributed by atoms with Gasteiger partial charge < -0.3 is 49.7 Å². The molecule has 2 aliphatic heterocycles. The molecule has 2 aliphatic rings. The molecule has 4 N–H and O–H groups in total. The molecule has 2 atom stereocenters. The summed E-state index contributed by atoms with van der Waals surface area (Å²) in [5.74, 6) is 4.09. The maximum absolute atomic E-state index is 11.2. The minimum atomic E-state index is 0.0816. The molecule has 0 saturated carbocycles. The van der Waals surface area contributed by atoms with Crippen molar-refractivity contribution in [2.24, 2.45) is 0 Å². The van der Waals surface area contributed by atoms with Gasteiger partial charge in [0.15, 0.2) is 0 Å². The van der Waals surface area contributed by atoms with Gasteiger partial charge in [-0.15, -0.1) is 0 Å². The Morgan fingerprint density at radius 1 is 0.593 bits per heavy atom. The monoisotopic (exact) mass is 738 g/mol. The summed E-state index contributed by atoms with van der Waals surface area (Å²) in [5.41, 5.74) is 8.39. The second-order valence-electron chi connectivity index (χ2n) is 13.6. The van der Waals surface area contributed by atoms with Crippen LogP contribution in [0.3, 0.4) is 0 Å². The molecule has 2 heterocycles. The van der Waals surface area contributed by atoms with Crippen molar-refractivity contribution in [3.8, 4) is 45.6 Å². The van der Waals surface area contributed by atoms with Gasteiger partial charge in [-0.05, 0) is 47.2 Å². The van der Waals surface area contributed by atoms with Gasteiger partial charge in [0.1, 0.15) is 47.7 Å². The Bertz CT molecular complexity index is 1780. The molecule has 12 nitrogen and oxygen atoms in total. The number of benzene rings is 4. The molecule has 12 heteroatoms. The SMILES string of the molecule is COc1cc(OCc2cccc(-c3cccc(COc4cc(OC)c(CNCC5CC(=O)N5)c(OC)c4)c3C)c2C)cc(OC)c1CNCC1CC(=O)N1. The van der Waals surface area contributed by atoms with Crippen molar-refractivity contribution >= 4 is 11.8 Å². The highest BCUT2D eigenvalue weighted by Crippen LogP contribution is 2.37. The Morgan fingerprint density at radius 3 is 1.26 bits per heavy atom. The zero-order valence-electron chi connectivity index (χ0n) is 31.9. The van der Waals surface area contributed by atoms with Gasteiger partial charge >= 0.3 is 0 Å². The van der Waals surface area contributed by atoms with Crippen molar-refractivity contribution < 1.29 is 38.0 Å². The van der Waals surface area contributed by atoms with E-state index in [4.69, 9.17) is 28.4 Å². The van der Waals surface area contributed by atoms with Crippen molar-refractivity contribution in [3.05, 3.63) is 94.0 Å². The molecule has 6 rings (SSSR count). The fourth-order valence-electron chi connectivity index (χ4n) is 6.87. The van der Waals surface area contributed by atoms with Crippen molar-refractivity contribution in [3.63, 3.8) is 0 Å². The molecule has 54 heavy (non-hydrogen) atoms. The first kappa shape index (κ1) is 38.3. The number of nitrogens with one attached hydrogen (secondary N) is 4. The number of β-lactam (4-membered cyclic amide) rings is 2. The van der Waals surface area contributed by atoms with E-state index in [-0.39, 0.29) is 23.9 Å². The van der Waals surface area contributed by atoms with Gasteiger partial charge in [0.05, 0.1) is 51.6 Å². The lowest BCUT2D eigenvalue weighted by Crippen LogP contribution is -2.53. The Morgan fingerprint density at radius 2 is 0.944 bits per heavy atom. The lowest BCUT2D eigenvalue weighted by molar-refractivity contribution is -0.128. The largest absolute Gasteiger partial charge is 0.496 e. The Hall–Kier alpha value is -5.46. The highest BCUT2D eigenvalue weighted by molar-refractivity contribution is 5.83. The van der Waals surface area contributed by atoms with E-state index in [9.17, 15) is 9.59 Å². The van der Waals surface area contributed by atoms with E-state index in [1.807, 2.05) is 24.3 Å². The number of rotatable bonds is 19. The molecular weight excluding hydrogens is 688 g/mol. The number of ether oxygens (including phenoxy) is 6. The number of carbonyl (C=O) groups excluding carboxylic acids is 2. The first-order chi connectivity index (χ1) is 26.2. The fraction of sp³-hybridized carbons (Fsp3) is 0.381. The molecule has 0 aromatic heterocycles. The van der Waals surface area contributed by atoms with Crippen LogP contribution in [0, 0.1) is 13.8 Å². The third-order valence-electron chi connectivity index (χ3n) is 10.1. The molecule has 0 spiro atoms. The van der Waals surface area contributed by atoms with E-state index in [1.165, 1.54) is 0 Å². The number of amides is 2. The van der Waals surface area contributed by atoms with Gasteiger partial charge in [-0.2, -0.15) is 0 Å². The van der Waals surface area contributed by atoms with Crippen molar-refractivity contribution in [1.82, 2.24) is 21.3 Å². The summed E-state index contributed by atoms with van der Waals surface area (Å²) in [6, 6.07) is 20.4. The summed E-state index contributed by atoms with van der Waals surface area (Å²) < 4.78 is 35.5. The maximum atomic E-state index is 11.2. The van der Waals surface area contributed by atoms with E-state index in [0.717, 1.165) is 44.5 Å². The highest BCUT2D eigenvalue weighted by atomic mass is 16.5. The molecule has 2 unspecified atom stereocenters.